The van der Waals surface area contributed by atoms with Crippen LogP contribution < -0.4 is 4.90 Å². The van der Waals surface area contributed by atoms with Crippen molar-refractivity contribution in [3.63, 3.8) is 0 Å². The van der Waals surface area contributed by atoms with Crippen LogP contribution in [0.5, 0.6) is 0 Å². The number of hydrogen-bond acceptors (Lipinski definition) is 7. The molecule has 6 nitrogen and oxygen atoms in total. The SMILES string of the molecule is CSc1ccc(-c2cc(N3CCOCC3)nc3c(C4=CC=NC(CCC5CCCCO5)C4)nccc23)c(F)c1. The zero-order valence-corrected chi connectivity index (χ0v) is 23.3. The van der Waals surface area contributed by atoms with Crippen LogP contribution in [0.3, 0.4) is 0 Å². The maximum atomic E-state index is 15.4. The molecule has 5 heterocycles. The van der Waals surface area contributed by atoms with Gasteiger partial charge < -0.3 is 14.4 Å². The Morgan fingerprint density at radius 3 is 2.74 bits per heavy atom. The molecule has 2 unspecified atom stereocenters. The van der Waals surface area contributed by atoms with Crippen molar-refractivity contribution in [2.24, 2.45) is 4.99 Å². The molecule has 3 aliphatic heterocycles. The molecule has 0 N–H and O–H groups in total. The van der Waals surface area contributed by atoms with Gasteiger partial charge in [-0.15, -0.1) is 11.8 Å². The Morgan fingerprint density at radius 1 is 1.05 bits per heavy atom. The summed E-state index contributed by atoms with van der Waals surface area (Å²) >= 11 is 1.54. The average molecular weight is 547 g/mol. The highest BCUT2D eigenvalue weighted by Crippen LogP contribution is 2.38. The van der Waals surface area contributed by atoms with E-state index in [1.165, 1.54) is 24.6 Å². The van der Waals surface area contributed by atoms with Gasteiger partial charge in [-0.2, -0.15) is 0 Å². The average Bonchev–Trinajstić information content (AvgIpc) is 3.00. The van der Waals surface area contributed by atoms with Crippen molar-refractivity contribution in [2.45, 2.75) is 55.6 Å². The number of anilines is 1. The number of nitrogens with zero attached hydrogens (tertiary/aromatic N) is 4. The molecule has 2 atom stereocenters. The number of aliphatic imine (C=N–C) groups is 1. The Hall–Kier alpha value is -2.81. The second-order valence-corrected chi connectivity index (χ2v) is 11.3. The lowest BCUT2D eigenvalue weighted by Gasteiger charge is -2.29. The summed E-state index contributed by atoms with van der Waals surface area (Å²) in [6, 6.07) is 9.66. The van der Waals surface area contributed by atoms with E-state index in [2.05, 4.69) is 11.0 Å². The number of thioether (sulfide) groups is 1. The second kappa shape index (κ2) is 12.1. The quantitative estimate of drug-likeness (QED) is 0.313. The number of hydrogen-bond donors (Lipinski definition) is 0. The molecule has 0 radical (unpaired) electrons. The molecular weight excluding hydrogens is 511 g/mol. The minimum absolute atomic E-state index is 0.200. The molecule has 6 rings (SSSR count). The number of morpholine rings is 1. The number of allylic oxidation sites excluding steroid dienone is 1. The maximum Gasteiger partial charge on any atom is 0.132 e. The molecule has 8 heteroatoms. The normalized spacial score (nSPS) is 21.8. The van der Waals surface area contributed by atoms with Crippen molar-refractivity contribution < 1.29 is 13.9 Å². The first-order chi connectivity index (χ1) is 19.2. The molecule has 3 aromatic rings. The van der Waals surface area contributed by atoms with Gasteiger partial charge in [0.2, 0.25) is 0 Å². The van der Waals surface area contributed by atoms with Crippen LogP contribution in [0, 0.1) is 5.82 Å². The largest absolute Gasteiger partial charge is 0.378 e. The van der Waals surface area contributed by atoms with E-state index >= 15 is 4.39 Å². The van der Waals surface area contributed by atoms with Gasteiger partial charge in [-0.25, -0.2) is 9.37 Å². The van der Waals surface area contributed by atoms with Gasteiger partial charge in [-0.1, -0.05) is 6.07 Å². The summed E-state index contributed by atoms with van der Waals surface area (Å²) in [4.78, 5) is 17.9. The van der Waals surface area contributed by atoms with Crippen LogP contribution in [0.1, 0.15) is 44.2 Å². The summed E-state index contributed by atoms with van der Waals surface area (Å²) in [5.41, 5.74) is 4.21. The first-order valence-electron chi connectivity index (χ1n) is 14.0. The van der Waals surface area contributed by atoms with E-state index in [9.17, 15) is 0 Å². The standard InChI is InChI=1S/C31H35FN4O2S/c1-39-24-7-8-25(28(32)19-24)27-20-29(36-13-16-37-17-14-36)35-31-26(27)10-12-34-30(31)21-9-11-33-22(18-21)5-6-23-4-2-3-15-38-23/h7-12,19-20,22-23H,2-6,13-18H2,1H3. The summed E-state index contributed by atoms with van der Waals surface area (Å²) in [6.07, 6.45) is 14.5. The Morgan fingerprint density at radius 2 is 1.95 bits per heavy atom. The number of rotatable bonds is 7. The molecule has 0 aliphatic carbocycles. The van der Waals surface area contributed by atoms with E-state index in [0.29, 0.717) is 24.9 Å². The Kier molecular flexibility index (Phi) is 8.23. The van der Waals surface area contributed by atoms with E-state index < -0.39 is 0 Å². The molecule has 2 aromatic heterocycles. The van der Waals surface area contributed by atoms with Crippen molar-refractivity contribution >= 4 is 40.3 Å². The summed E-state index contributed by atoms with van der Waals surface area (Å²) in [6.45, 7) is 3.69. The lowest BCUT2D eigenvalue weighted by Crippen LogP contribution is -2.36. The Balaban J connectivity index is 1.37. The van der Waals surface area contributed by atoms with Crippen LogP contribution >= 0.6 is 11.8 Å². The monoisotopic (exact) mass is 546 g/mol. The van der Waals surface area contributed by atoms with E-state index in [1.54, 1.807) is 6.07 Å². The van der Waals surface area contributed by atoms with Gasteiger partial charge in [0.05, 0.1) is 36.6 Å². The third-order valence-electron chi connectivity index (χ3n) is 7.94. The van der Waals surface area contributed by atoms with Gasteiger partial charge in [0.1, 0.15) is 11.6 Å². The van der Waals surface area contributed by atoms with Crippen molar-refractivity contribution in [3.05, 3.63) is 54.1 Å². The van der Waals surface area contributed by atoms with Gasteiger partial charge >= 0.3 is 0 Å². The molecule has 0 saturated carbocycles. The van der Waals surface area contributed by atoms with Crippen molar-refractivity contribution in [2.75, 3.05) is 44.1 Å². The topological polar surface area (TPSA) is 59.8 Å². The molecular formula is C31H35FN4O2S. The molecule has 39 heavy (non-hydrogen) atoms. The predicted octanol–water partition coefficient (Wildman–Crippen LogP) is 6.57. The van der Waals surface area contributed by atoms with Crippen molar-refractivity contribution in [3.8, 4) is 11.1 Å². The van der Waals surface area contributed by atoms with E-state index in [-0.39, 0.29) is 11.9 Å². The molecule has 2 saturated heterocycles. The maximum absolute atomic E-state index is 15.4. The summed E-state index contributed by atoms with van der Waals surface area (Å²) in [5.74, 6) is 0.606. The van der Waals surface area contributed by atoms with Gasteiger partial charge in [0.25, 0.3) is 0 Å². The second-order valence-electron chi connectivity index (χ2n) is 10.4. The molecule has 1 aromatic carbocycles. The molecule has 0 amide bonds. The van der Waals surface area contributed by atoms with Crippen molar-refractivity contribution in [1.29, 1.82) is 0 Å². The van der Waals surface area contributed by atoms with Crippen LogP contribution in [0.15, 0.2) is 52.5 Å². The Bertz CT molecular complexity index is 1380. The van der Waals surface area contributed by atoms with Gasteiger partial charge in [-0.3, -0.25) is 9.98 Å². The number of aromatic nitrogens is 2. The van der Waals surface area contributed by atoms with Gasteiger partial charge in [0, 0.05) is 48.0 Å². The smallest absolute Gasteiger partial charge is 0.132 e. The molecule has 204 valence electrons. The summed E-state index contributed by atoms with van der Waals surface area (Å²) in [5, 5.41) is 0.906. The zero-order chi connectivity index (χ0) is 26.6. The number of ether oxygens (including phenoxy) is 2. The number of dihydropyridines is 1. The van der Waals surface area contributed by atoms with Gasteiger partial charge in [-0.05, 0) is 86.3 Å². The van der Waals surface area contributed by atoms with Crippen LogP contribution in [0.4, 0.5) is 10.2 Å². The fourth-order valence-corrected chi connectivity index (χ4v) is 6.21. The number of fused-ring (bicyclic) bond motifs is 1. The van der Waals surface area contributed by atoms with E-state index in [1.807, 2.05) is 42.9 Å². The fraction of sp³-hybridized carbons (Fsp3) is 0.452. The number of halogens is 1. The first kappa shape index (κ1) is 26.4. The number of pyridine rings is 2. The van der Waals surface area contributed by atoms with E-state index in [4.69, 9.17) is 24.4 Å². The molecule has 0 bridgehead atoms. The lowest BCUT2D eigenvalue weighted by atomic mass is 9.93. The third-order valence-corrected chi connectivity index (χ3v) is 8.67. The first-order valence-corrected chi connectivity index (χ1v) is 15.2. The summed E-state index contributed by atoms with van der Waals surface area (Å²) in [7, 11) is 0. The molecule has 3 aliphatic rings. The highest BCUT2D eigenvalue weighted by atomic mass is 32.2. The third kappa shape index (κ3) is 5.88. The van der Waals surface area contributed by atoms with E-state index in [0.717, 1.165) is 83.8 Å². The highest BCUT2D eigenvalue weighted by Gasteiger charge is 2.23. The lowest BCUT2D eigenvalue weighted by molar-refractivity contribution is 0.00925. The number of benzene rings is 1. The zero-order valence-electron chi connectivity index (χ0n) is 22.4. The van der Waals surface area contributed by atoms with Crippen LogP contribution in [-0.2, 0) is 9.47 Å². The predicted molar refractivity (Wildman–Crippen MR) is 157 cm³/mol. The molecule has 0 spiro atoms. The minimum atomic E-state index is -0.227. The highest BCUT2D eigenvalue weighted by molar-refractivity contribution is 7.98. The van der Waals surface area contributed by atoms with Crippen LogP contribution in [-0.4, -0.2) is 67.5 Å². The van der Waals surface area contributed by atoms with Crippen molar-refractivity contribution in [1.82, 2.24) is 9.97 Å². The molecule has 2 fully saturated rings. The van der Waals surface area contributed by atoms with Crippen LogP contribution in [0.2, 0.25) is 0 Å². The summed E-state index contributed by atoms with van der Waals surface area (Å²) < 4.78 is 27.0. The fourth-order valence-electron chi connectivity index (χ4n) is 5.79. The van der Waals surface area contributed by atoms with Crippen LogP contribution in [0.25, 0.3) is 27.6 Å². The van der Waals surface area contributed by atoms with Gasteiger partial charge in [0.15, 0.2) is 0 Å². The minimum Gasteiger partial charge on any atom is -0.378 e. The Labute approximate surface area is 233 Å².